The summed E-state index contributed by atoms with van der Waals surface area (Å²) in [4.78, 5) is 49.7. The highest BCUT2D eigenvalue weighted by Crippen LogP contribution is 2.44. The number of hydrogen-bond donors (Lipinski definition) is 1. The van der Waals surface area contributed by atoms with Gasteiger partial charge in [0.2, 0.25) is 5.76 Å². The maximum absolute atomic E-state index is 12.9. The zero-order valence-corrected chi connectivity index (χ0v) is 22.0. The minimum atomic E-state index is -0.964. The van der Waals surface area contributed by atoms with E-state index in [-0.39, 0.29) is 46.9 Å². The number of nitrogens with one attached hydrogen (secondary N) is 1. The fraction of sp³-hybridized carbons (Fsp3) is 0.304. The molecule has 11 nitrogen and oxygen atoms in total. The second-order valence-corrected chi connectivity index (χ2v) is 8.45. The zero-order chi connectivity index (χ0) is 26.6. The van der Waals surface area contributed by atoms with Gasteiger partial charge in [-0.15, -0.1) is 0 Å². The molecule has 1 aromatic carbocycles. The molecule has 1 aliphatic heterocycles. The monoisotopic (exact) mass is 584 g/mol. The lowest BCUT2D eigenvalue weighted by atomic mass is 10.1. The summed E-state index contributed by atoms with van der Waals surface area (Å²) in [5, 5.41) is 2.59. The van der Waals surface area contributed by atoms with Crippen molar-refractivity contribution in [2.24, 2.45) is 0 Å². The highest BCUT2D eigenvalue weighted by Gasteiger charge is 2.35. The number of rotatable bonds is 9. The first-order valence-corrected chi connectivity index (χ1v) is 11.7. The largest absolute Gasteiger partial charge is 0.490 e. The molecule has 1 saturated heterocycles. The van der Waals surface area contributed by atoms with Crippen molar-refractivity contribution in [2.45, 2.75) is 26.5 Å². The summed E-state index contributed by atoms with van der Waals surface area (Å²) >= 11 is 9.86. The van der Waals surface area contributed by atoms with E-state index in [2.05, 4.69) is 30.7 Å². The maximum atomic E-state index is 12.9. The van der Waals surface area contributed by atoms with Crippen molar-refractivity contribution in [1.82, 2.24) is 10.2 Å². The predicted molar refractivity (Wildman–Crippen MR) is 130 cm³/mol. The highest BCUT2D eigenvalue weighted by molar-refractivity contribution is 9.10. The van der Waals surface area contributed by atoms with Crippen LogP contribution in [0.4, 0.5) is 4.79 Å². The van der Waals surface area contributed by atoms with Crippen molar-refractivity contribution in [3.05, 3.63) is 50.5 Å². The Morgan fingerprint density at radius 1 is 1.25 bits per heavy atom. The van der Waals surface area contributed by atoms with Crippen LogP contribution in [0, 0.1) is 0 Å². The van der Waals surface area contributed by atoms with Crippen molar-refractivity contribution in [2.75, 3.05) is 20.8 Å². The standard InChI is InChI=1S/C23H22BrClN2O9/c1-5-34-16-9-12(17(24)18(25)19(16)35-11(2)21(29)32-3)8-14-20(28)27(23(31)26-14)10-13-6-7-15(36-13)22(30)33-4/h6-9,11H,5,10H2,1-4H3,(H,26,31)/b14-8-/t11-/m1/s1. The molecule has 0 bridgehead atoms. The topological polar surface area (TPSA) is 134 Å². The molecular weight excluding hydrogens is 564 g/mol. The molecule has 0 spiro atoms. The molecular formula is C23H22BrClN2O9. The highest BCUT2D eigenvalue weighted by atomic mass is 79.9. The summed E-state index contributed by atoms with van der Waals surface area (Å²) in [6.07, 6.45) is 0.446. The molecule has 13 heteroatoms. The first-order valence-electron chi connectivity index (χ1n) is 10.5. The van der Waals surface area contributed by atoms with Crippen LogP contribution < -0.4 is 14.8 Å². The van der Waals surface area contributed by atoms with Gasteiger partial charge in [0.25, 0.3) is 5.91 Å². The Balaban J connectivity index is 1.89. The quantitative estimate of drug-likeness (QED) is 0.264. The Kier molecular flexibility index (Phi) is 8.64. The van der Waals surface area contributed by atoms with Crippen LogP contribution in [-0.2, 0) is 25.6 Å². The number of amides is 3. The fourth-order valence-corrected chi connectivity index (χ4v) is 3.83. The van der Waals surface area contributed by atoms with E-state index in [4.69, 9.17) is 25.5 Å². The van der Waals surface area contributed by atoms with Gasteiger partial charge in [-0.1, -0.05) is 11.6 Å². The van der Waals surface area contributed by atoms with Crippen LogP contribution in [0.1, 0.15) is 35.7 Å². The number of benzene rings is 1. The molecule has 2 heterocycles. The molecule has 0 unspecified atom stereocenters. The van der Waals surface area contributed by atoms with Crippen LogP contribution in [0.25, 0.3) is 6.08 Å². The number of halogens is 2. The number of hydrogen-bond acceptors (Lipinski definition) is 9. The van der Waals surface area contributed by atoms with E-state index < -0.39 is 30.0 Å². The molecule has 192 valence electrons. The second-order valence-electron chi connectivity index (χ2n) is 7.27. The average molecular weight is 586 g/mol. The Morgan fingerprint density at radius 2 is 1.97 bits per heavy atom. The van der Waals surface area contributed by atoms with Crippen molar-refractivity contribution in [3.8, 4) is 11.5 Å². The Labute approximate surface area is 219 Å². The van der Waals surface area contributed by atoms with Crippen LogP contribution >= 0.6 is 27.5 Å². The second kappa shape index (κ2) is 11.5. The lowest BCUT2D eigenvalue weighted by Gasteiger charge is -2.19. The molecule has 1 N–H and O–H groups in total. The minimum Gasteiger partial charge on any atom is -0.490 e. The van der Waals surface area contributed by atoms with Crippen molar-refractivity contribution >= 4 is 57.5 Å². The number of imide groups is 1. The van der Waals surface area contributed by atoms with Crippen molar-refractivity contribution in [3.63, 3.8) is 0 Å². The first kappa shape index (κ1) is 27.1. The molecule has 3 amide bonds. The van der Waals surface area contributed by atoms with Crippen LogP contribution in [0.2, 0.25) is 5.02 Å². The summed E-state index contributed by atoms with van der Waals surface area (Å²) in [5.74, 6) is -1.44. The molecule has 1 aromatic heterocycles. The van der Waals surface area contributed by atoms with E-state index in [0.717, 1.165) is 4.90 Å². The van der Waals surface area contributed by atoms with E-state index in [1.807, 2.05) is 0 Å². The fourth-order valence-electron chi connectivity index (χ4n) is 3.17. The van der Waals surface area contributed by atoms with Gasteiger partial charge in [0.15, 0.2) is 17.6 Å². The molecule has 1 atom stereocenters. The predicted octanol–water partition coefficient (Wildman–Crippen LogP) is 3.91. The third kappa shape index (κ3) is 5.65. The summed E-state index contributed by atoms with van der Waals surface area (Å²) in [6.45, 7) is 3.30. The number of methoxy groups -OCH3 is 2. The van der Waals surface area contributed by atoms with Gasteiger partial charge >= 0.3 is 18.0 Å². The van der Waals surface area contributed by atoms with E-state index in [1.54, 1.807) is 13.0 Å². The molecule has 2 aromatic rings. The normalized spacial score (nSPS) is 15.1. The number of nitrogens with zero attached hydrogens (tertiary/aromatic N) is 1. The van der Waals surface area contributed by atoms with Gasteiger partial charge in [0, 0.05) is 4.47 Å². The van der Waals surface area contributed by atoms with E-state index in [9.17, 15) is 19.2 Å². The lowest BCUT2D eigenvalue weighted by molar-refractivity contribution is -0.148. The van der Waals surface area contributed by atoms with Gasteiger partial charge in [-0.3, -0.25) is 9.69 Å². The summed E-state index contributed by atoms with van der Waals surface area (Å²) in [7, 11) is 2.44. The average Bonchev–Trinajstić information content (AvgIpc) is 3.44. The third-order valence-corrected chi connectivity index (χ3v) is 6.35. The van der Waals surface area contributed by atoms with Gasteiger partial charge in [0.05, 0.1) is 27.4 Å². The molecule has 3 rings (SSSR count). The third-order valence-electron chi connectivity index (χ3n) is 4.91. The van der Waals surface area contributed by atoms with Gasteiger partial charge in [-0.25, -0.2) is 14.4 Å². The van der Waals surface area contributed by atoms with Crippen molar-refractivity contribution < 1.29 is 42.5 Å². The summed E-state index contributed by atoms with van der Waals surface area (Å²) in [5.41, 5.74) is 0.369. The van der Waals surface area contributed by atoms with Gasteiger partial charge < -0.3 is 28.7 Å². The SMILES string of the molecule is CCOc1cc(/C=C2\NC(=O)N(Cc3ccc(C(=O)OC)o3)C2=O)c(Br)c(Cl)c1O[C@H](C)C(=O)OC. The minimum absolute atomic E-state index is 0.0319. The number of urea groups is 1. The zero-order valence-electron chi connectivity index (χ0n) is 19.7. The Morgan fingerprint density at radius 3 is 2.61 bits per heavy atom. The van der Waals surface area contributed by atoms with Crippen molar-refractivity contribution in [1.29, 1.82) is 0 Å². The van der Waals surface area contributed by atoms with E-state index in [0.29, 0.717) is 10.0 Å². The van der Waals surface area contributed by atoms with E-state index in [1.165, 1.54) is 39.4 Å². The molecule has 36 heavy (non-hydrogen) atoms. The van der Waals surface area contributed by atoms with Gasteiger partial charge in [-0.05, 0) is 59.6 Å². The van der Waals surface area contributed by atoms with Crippen LogP contribution in [-0.4, -0.2) is 55.7 Å². The number of furan rings is 1. The van der Waals surface area contributed by atoms with E-state index >= 15 is 0 Å². The lowest BCUT2D eigenvalue weighted by Crippen LogP contribution is -2.30. The smallest absolute Gasteiger partial charge is 0.373 e. The number of esters is 2. The molecule has 1 aliphatic rings. The number of ether oxygens (including phenoxy) is 4. The molecule has 1 fully saturated rings. The van der Waals surface area contributed by atoms with Gasteiger partial charge in [-0.2, -0.15) is 0 Å². The van der Waals surface area contributed by atoms with Crippen LogP contribution in [0.3, 0.4) is 0 Å². The Bertz CT molecular complexity index is 1240. The molecule has 0 saturated carbocycles. The molecule has 0 radical (unpaired) electrons. The summed E-state index contributed by atoms with van der Waals surface area (Å²) in [6, 6.07) is 3.72. The van der Waals surface area contributed by atoms with Gasteiger partial charge in [0.1, 0.15) is 16.5 Å². The first-order chi connectivity index (χ1) is 17.1. The van der Waals surface area contributed by atoms with Crippen LogP contribution in [0.15, 0.2) is 32.8 Å². The summed E-state index contributed by atoms with van der Waals surface area (Å²) < 4.78 is 26.2. The Hall–Kier alpha value is -3.51. The number of carbonyl (C=O) groups excluding carboxylic acids is 4. The molecule has 0 aliphatic carbocycles. The number of carbonyl (C=O) groups is 4. The van der Waals surface area contributed by atoms with Crippen LogP contribution in [0.5, 0.6) is 11.5 Å². The maximum Gasteiger partial charge on any atom is 0.373 e.